The summed E-state index contributed by atoms with van der Waals surface area (Å²) >= 11 is 0. The molecule has 0 radical (unpaired) electrons. The van der Waals surface area contributed by atoms with Gasteiger partial charge in [0, 0.05) is 19.6 Å². The minimum absolute atomic E-state index is 0.0407. The molecular weight excluding hydrogens is 374 g/mol. The van der Waals surface area contributed by atoms with Crippen molar-refractivity contribution in [3.8, 4) is 0 Å². The van der Waals surface area contributed by atoms with E-state index < -0.39 is 17.8 Å². The number of hydrogen-bond acceptors (Lipinski definition) is 5. The number of rotatable bonds is 4. The summed E-state index contributed by atoms with van der Waals surface area (Å²) in [5.74, 6) is -2.12. The summed E-state index contributed by atoms with van der Waals surface area (Å²) in [7, 11) is 0. The first-order chi connectivity index (χ1) is 14.0. The lowest BCUT2D eigenvalue weighted by Gasteiger charge is -2.28. The number of nitrogens with zero attached hydrogens (tertiary/aromatic N) is 2. The molecule has 4 amide bonds. The number of fused-ring (bicyclic) bond motifs is 2. The highest BCUT2D eigenvalue weighted by molar-refractivity contribution is 6.20. The zero-order valence-electron chi connectivity index (χ0n) is 15.6. The fourth-order valence-corrected chi connectivity index (χ4v) is 3.45. The van der Waals surface area contributed by atoms with Crippen LogP contribution >= 0.6 is 0 Å². The highest BCUT2D eigenvalue weighted by Crippen LogP contribution is 2.23. The second-order valence-corrected chi connectivity index (χ2v) is 6.84. The predicted octanol–water partition coefficient (Wildman–Crippen LogP) is 1.90. The molecule has 29 heavy (non-hydrogen) atoms. The van der Waals surface area contributed by atoms with Gasteiger partial charge in [0.05, 0.1) is 17.5 Å². The second kappa shape index (κ2) is 7.75. The highest BCUT2D eigenvalue weighted by Gasteiger charge is 2.38. The number of benzene rings is 2. The van der Waals surface area contributed by atoms with E-state index in [0.717, 1.165) is 12.0 Å². The third-order valence-corrected chi connectivity index (χ3v) is 4.97. The molecule has 2 heterocycles. The van der Waals surface area contributed by atoms with E-state index in [1.165, 1.54) is 17.7 Å². The van der Waals surface area contributed by atoms with Gasteiger partial charge in [-0.1, -0.05) is 41.5 Å². The van der Waals surface area contributed by atoms with Crippen LogP contribution in [-0.2, 0) is 22.6 Å². The Morgan fingerprint density at radius 1 is 0.931 bits per heavy atom. The maximum atomic E-state index is 12.3. The second-order valence-electron chi connectivity index (χ2n) is 6.84. The van der Waals surface area contributed by atoms with Gasteiger partial charge >= 0.3 is 12.0 Å². The van der Waals surface area contributed by atoms with Gasteiger partial charge in [0.15, 0.2) is 0 Å². The van der Waals surface area contributed by atoms with Gasteiger partial charge in [-0.2, -0.15) is 0 Å². The Kier molecular flexibility index (Phi) is 4.99. The third kappa shape index (κ3) is 3.69. The molecule has 2 aromatic carbocycles. The van der Waals surface area contributed by atoms with Crippen LogP contribution in [-0.4, -0.2) is 46.9 Å². The summed E-state index contributed by atoms with van der Waals surface area (Å²) in [5, 5.41) is 3.14. The monoisotopic (exact) mass is 393 g/mol. The normalized spacial score (nSPS) is 15.0. The van der Waals surface area contributed by atoms with Crippen molar-refractivity contribution in [1.29, 1.82) is 0 Å². The Bertz CT molecular complexity index is 968. The number of hydroxylamine groups is 2. The molecule has 0 spiro atoms. The number of carbonyl (C=O) groups is 4. The minimum Gasteiger partial charge on any atom is -0.337 e. The molecule has 1 N–H and O–H groups in total. The van der Waals surface area contributed by atoms with Crippen molar-refractivity contribution >= 4 is 23.8 Å². The molecule has 8 heteroatoms. The molecule has 0 aromatic heterocycles. The van der Waals surface area contributed by atoms with Crippen LogP contribution in [0, 0.1) is 0 Å². The van der Waals surface area contributed by atoms with Crippen LogP contribution in [0.2, 0.25) is 0 Å². The van der Waals surface area contributed by atoms with Crippen LogP contribution in [0.4, 0.5) is 4.79 Å². The fraction of sp³-hybridized carbons (Fsp3) is 0.238. The van der Waals surface area contributed by atoms with Gasteiger partial charge in [0.1, 0.15) is 0 Å². The third-order valence-electron chi connectivity index (χ3n) is 4.97. The van der Waals surface area contributed by atoms with Gasteiger partial charge in [-0.3, -0.25) is 9.59 Å². The van der Waals surface area contributed by atoms with E-state index in [-0.39, 0.29) is 30.1 Å². The summed E-state index contributed by atoms with van der Waals surface area (Å²) in [6.45, 7) is 1.16. The van der Waals surface area contributed by atoms with Gasteiger partial charge in [-0.05, 0) is 29.7 Å². The van der Waals surface area contributed by atoms with Crippen LogP contribution in [0.1, 0.15) is 38.3 Å². The molecule has 0 saturated heterocycles. The van der Waals surface area contributed by atoms with Crippen LogP contribution in [0.3, 0.4) is 0 Å². The Morgan fingerprint density at radius 2 is 1.55 bits per heavy atom. The first-order valence-electron chi connectivity index (χ1n) is 9.33. The molecule has 2 aliphatic heterocycles. The minimum atomic E-state index is -0.774. The highest BCUT2D eigenvalue weighted by atomic mass is 16.7. The number of nitrogens with one attached hydrogen (secondary N) is 1. The number of hydrogen-bond donors (Lipinski definition) is 1. The lowest BCUT2D eigenvalue weighted by Crippen LogP contribution is -2.43. The molecule has 0 atom stereocenters. The predicted molar refractivity (Wildman–Crippen MR) is 102 cm³/mol. The molecular formula is C21H19N3O5. The largest absolute Gasteiger partial charge is 0.337 e. The molecule has 0 bridgehead atoms. The Morgan fingerprint density at radius 3 is 2.24 bits per heavy atom. The van der Waals surface area contributed by atoms with Gasteiger partial charge < -0.3 is 15.1 Å². The summed E-state index contributed by atoms with van der Waals surface area (Å²) in [4.78, 5) is 55.3. The van der Waals surface area contributed by atoms with E-state index in [2.05, 4.69) is 11.4 Å². The molecule has 148 valence electrons. The van der Waals surface area contributed by atoms with Crippen molar-refractivity contribution in [3.05, 3.63) is 70.8 Å². The SMILES string of the molecule is O=C(CCNC(=O)N1CCc2ccccc2C1)ON1C(=O)c2ccccc2C1=O. The van der Waals surface area contributed by atoms with E-state index in [0.29, 0.717) is 18.2 Å². The zero-order valence-corrected chi connectivity index (χ0v) is 15.6. The molecule has 2 aliphatic rings. The van der Waals surface area contributed by atoms with Gasteiger partial charge in [-0.15, -0.1) is 0 Å². The fourth-order valence-electron chi connectivity index (χ4n) is 3.45. The van der Waals surface area contributed by atoms with Crippen molar-refractivity contribution in [2.45, 2.75) is 19.4 Å². The molecule has 0 aliphatic carbocycles. The first kappa shape index (κ1) is 18.7. The maximum Gasteiger partial charge on any atom is 0.335 e. The Balaban J connectivity index is 1.25. The van der Waals surface area contributed by atoms with Crippen LogP contribution in [0.5, 0.6) is 0 Å². The van der Waals surface area contributed by atoms with Crippen molar-refractivity contribution in [2.75, 3.05) is 13.1 Å². The number of urea groups is 1. The lowest BCUT2D eigenvalue weighted by atomic mass is 10.0. The molecule has 0 unspecified atom stereocenters. The molecule has 4 rings (SSSR count). The molecule has 0 saturated carbocycles. The van der Waals surface area contributed by atoms with E-state index in [4.69, 9.17) is 4.84 Å². The van der Waals surface area contributed by atoms with E-state index in [1.54, 1.807) is 17.0 Å². The smallest absolute Gasteiger partial charge is 0.335 e. The molecule has 2 aromatic rings. The standard InChI is InChI=1S/C21H19N3O5/c25-18(29-24-19(26)16-7-3-4-8-17(16)20(24)27)9-11-22-21(28)23-12-10-14-5-1-2-6-15(14)13-23/h1-8H,9-13H2,(H,22,28). The van der Waals surface area contributed by atoms with Crippen molar-refractivity contribution in [3.63, 3.8) is 0 Å². The summed E-state index contributed by atoms with van der Waals surface area (Å²) < 4.78 is 0. The maximum absolute atomic E-state index is 12.3. The number of carbonyl (C=O) groups excluding carboxylic acids is 4. The summed E-state index contributed by atoms with van der Waals surface area (Å²) in [6, 6.07) is 14.0. The van der Waals surface area contributed by atoms with Gasteiger partial charge in [0.25, 0.3) is 11.8 Å². The van der Waals surface area contributed by atoms with Crippen molar-refractivity contribution in [2.24, 2.45) is 0 Å². The zero-order chi connectivity index (χ0) is 20.4. The van der Waals surface area contributed by atoms with Crippen molar-refractivity contribution < 1.29 is 24.0 Å². The van der Waals surface area contributed by atoms with Gasteiger partial charge in [-0.25, -0.2) is 9.59 Å². The molecule has 0 fully saturated rings. The lowest BCUT2D eigenvalue weighted by molar-refractivity contribution is -0.168. The van der Waals surface area contributed by atoms with E-state index in [1.807, 2.05) is 18.2 Å². The van der Waals surface area contributed by atoms with Crippen LogP contribution in [0.15, 0.2) is 48.5 Å². The van der Waals surface area contributed by atoms with Crippen molar-refractivity contribution in [1.82, 2.24) is 15.3 Å². The summed E-state index contributed by atoms with van der Waals surface area (Å²) in [5.41, 5.74) is 2.74. The topological polar surface area (TPSA) is 96.0 Å². The van der Waals surface area contributed by atoms with Gasteiger partial charge in [0.2, 0.25) is 0 Å². The number of amides is 4. The average molecular weight is 393 g/mol. The van der Waals surface area contributed by atoms with Crippen LogP contribution < -0.4 is 5.32 Å². The Labute approximate surface area is 167 Å². The average Bonchev–Trinajstić information content (AvgIpc) is 2.98. The number of imide groups is 1. The van der Waals surface area contributed by atoms with Crippen LogP contribution in [0.25, 0.3) is 0 Å². The molecule has 8 nitrogen and oxygen atoms in total. The quantitative estimate of drug-likeness (QED) is 0.801. The van der Waals surface area contributed by atoms with E-state index in [9.17, 15) is 19.2 Å². The van der Waals surface area contributed by atoms with E-state index >= 15 is 0 Å². The summed E-state index contributed by atoms with van der Waals surface area (Å²) in [6.07, 6.45) is 0.620. The first-order valence-corrected chi connectivity index (χ1v) is 9.33. The Hall–Kier alpha value is -3.68.